The van der Waals surface area contributed by atoms with Crippen LogP contribution in [0.5, 0.6) is 5.75 Å². The maximum absolute atomic E-state index is 12.1. The molecule has 5 nitrogen and oxygen atoms in total. The van der Waals surface area contributed by atoms with E-state index in [1.54, 1.807) is 42.5 Å². The molecule has 2 rings (SSSR count). The molecule has 0 aliphatic heterocycles. The van der Waals surface area contributed by atoms with Gasteiger partial charge in [0.25, 0.3) is 5.91 Å². The molecule has 0 aliphatic carbocycles. The molecule has 1 aromatic heterocycles. The molecule has 1 amide bonds. The lowest BCUT2D eigenvalue weighted by atomic mass is 10.2. The number of amides is 1. The maximum Gasteiger partial charge on any atom is 0.261 e. The predicted octanol–water partition coefficient (Wildman–Crippen LogP) is 2.34. The molecule has 0 bridgehead atoms. The third-order valence-corrected chi connectivity index (χ3v) is 4.12. The average Bonchev–Trinajstić information content (AvgIpc) is 2.82. The van der Waals surface area contributed by atoms with Crippen LogP contribution in [0.25, 0.3) is 0 Å². The Morgan fingerprint density at radius 2 is 2.23 bits per heavy atom. The SMILES string of the molecule is Cc1nc(CNC(=O)C(C)Oc2cccc(CO)c2)c(C)s1. The van der Waals surface area contributed by atoms with Crippen LogP contribution < -0.4 is 10.1 Å². The van der Waals surface area contributed by atoms with E-state index >= 15 is 0 Å². The topological polar surface area (TPSA) is 71.5 Å². The Morgan fingerprint density at radius 3 is 2.86 bits per heavy atom. The predicted molar refractivity (Wildman–Crippen MR) is 85.9 cm³/mol. The summed E-state index contributed by atoms with van der Waals surface area (Å²) in [5.74, 6) is 0.370. The van der Waals surface area contributed by atoms with E-state index in [4.69, 9.17) is 9.84 Å². The van der Waals surface area contributed by atoms with Crippen LogP contribution in [0.1, 0.15) is 28.1 Å². The van der Waals surface area contributed by atoms with Gasteiger partial charge in [-0.25, -0.2) is 4.98 Å². The second-order valence-electron chi connectivity index (χ2n) is 5.02. The molecule has 6 heteroatoms. The van der Waals surface area contributed by atoms with Crippen molar-refractivity contribution < 1.29 is 14.6 Å². The van der Waals surface area contributed by atoms with E-state index in [1.807, 2.05) is 13.8 Å². The number of thiazole rings is 1. The molecule has 0 saturated heterocycles. The fraction of sp³-hybridized carbons (Fsp3) is 0.375. The fourth-order valence-electron chi connectivity index (χ4n) is 2.03. The number of aliphatic hydroxyl groups is 1. The molecule has 2 N–H and O–H groups in total. The van der Waals surface area contributed by atoms with Gasteiger partial charge in [-0.2, -0.15) is 0 Å². The average molecular weight is 320 g/mol. The Balaban J connectivity index is 1.90. The van der Waals surface area contributed by atoms with E-state index in [0.717, 1.165) is 21.1 Å². The van der Waals surface area contributed by atoms with E-state index in [9.17, 15) is 4.79 Å². The highest BCUT2D eigenvalue weighted by Gasteiger charge is 2.15. The van der Waals surface area contributed by atoms with Crippen LogP contribution in [0.2, 0.25) is 0 Å². The molecule has 0 radical (unpaired) electrons. The minimum atomic E-state index is -0.617. The van der Waals surface area contributed by atoms with Gasteiger partial charge in [0.15, 0.2) is 6.10 Å². The summed E-state index contributed by atoms with van der Waals surface area (Å²) >= 11 is 1.62. The molecule has 1 atom stereocenters. The van der Waals surface area contributed by atoms with Gasteiger partial charge in [0.2, 0.25) is 0 Å². The minimum Gasteiger partial charge on any atom is -0.481 e. The number of rotatable bonds is 6. The number of carbonyl (C=O) groups excluding carboxylic acids is 1. The van der Waals surface area contributed by atoms with Gasteiger partial charge in [0, 0.05) is 4.88 Å². The van der Waals surface area contributed by atoms with Gasteiger partial charge in [0.1, 0.15) is 5.75 Å². The van der Waals surface area contributed by atoms with E-state index < -0.39 is 6.10 Å². The number of aromatic nitrogens is 1. The van der Waals surface area contributed by atoms with Crippen LogP contribution in [-0.2, 0) is 17.9 Å². The first-order valence-electron chi connectivity index (χ1n) is 7.06. The van der Waals surface area contributed by atoms with Crippen LogP contribution in [0.4, 0.5) is 0 Å². The summed E-state index contributed by atoms with van der Waals surface area (Å²) in [5, 5.41) is 12.9. The number of hydrogen-bond donors (Lipinski definition) is 2. The Kier molecular flexibility index (Phi) is 5.51. The third-order valence-electron chi connectivity index (χ3n) is 3.19. The molecular weight excluding hydrogens is 300 g/mol. The summed E-state index contributed by atoms with van der Waals surface area (Å²) in [4.78, 5) is 17.6. The van der Waals surface area contributed by atoms with Crippen LogP contribution in [0.15, 0.2) is 24.3 Å². The van der Waals surface area contributed by atoms with Crippen LogP contribution in [0.3, 0.4) is 0 Å². The number of hydrogen-bond acceptors (Lipinski definition) is 5. The van der Waals surface area contributed by atoms with Gasteiger partial charge in [-0.15, -0.1) is 11.3 Å². The number of nitrogens with zero attached hydrogens (tertiary/aromatic N) is 1. The quantitative estimate of drug-likeness (QED) is 0.857. The van der Waals surface area contributed by atoms with Gasteiger partial charge < -0.3 is 15.2 Å². The van der Waals surface area contributed by atoms with Crippen molar-refractivity contribution in [3.63, 3.8) is 0 Å². The molecule has 1 aromatic carbocycles. The Labute approximate surface area is 134 Å². The van der Waals surface area contributed by atoms with Crippen LogP contribution in [0, 0.1) is 13.8 Å². The number of ether oxygens (including phenoxy) is 1. The lowest BCUT2D eigenvalue weighted by Crippen LogP contribution is -2.36. The first-order valence-corrected chi connectivity index (χ1v) is 7.88. The number of nitrogens with one attached hydrogen (secondary N) is 1. The number of aliphatic hydroxyl groups excluding tert-OH is 1. The summed E-state index contributed by atoms with van der Waals surface area (Å²) in [5.41, 5.74) is 1.64. The van der Waals surface area contributed by atoms with E-state index in [1.165, 1.54) is 0 Å². The summed E-state index contributed by atoms with van der Waals surface area (Å²) in [6.07, 6.45) is -0.617. The number of benzene rings is 1. The van der Waals surface area contributed by atoms with E-state index in [-0.39, 0.29) is 12.5 Å². The Morgan fingerprint density at radius 1 is 1.45 bits per heavy atom. The van der Waals surface area contributed by atoms with Gasteiger partial charge >= 0.3 is 0 Å². The highest BCUT2D eigenvalue weighted by atomic mass is 32.1. The van der Waals surface area contributed by atoms with Crippen LogP contribution in [-0.4, -0.2) is 22.1 Å². The molecule has 0 aliphatic rings. The van der Waals surface area contributed by atoms with Gasteiger partial charge in [-0.05, 0) is 38.5 Å². The molecule has 1 heterocycles. The van der Waals surface area contributed by atoms with Gasteiger partial charge in [-0.3, -0.25) is 4.79 Å². The Hall–Kier alpha value is -1.92. The smallest absolute Gasteiger partial charge is 0.261 e. The van der Waals surface area contributed by atoms with Crippen molar-refractivity contribution in [2.75, 3.05) is 0 Å². The van der Waals surface area contributed by atoms with Crippen LogP contribution >= 0.6 is 11.3 Å². The number of carbonyl (C=O) groups is 1. The summed E-state index contributed by atoms with van der Waals surface area (Å²) in [7, 11) is 0. The molecule has 1 unspecified atom stereocenters. The van der Waals surface area contributed by atoms with E-state index in [0.29, 0.717) is 12.3 Å². The zero-order valence-corrected chi connectivity index (χ0v) is 13.7. The molecule has 0 spiro atoms. The fourth-order valence-corrected chi connectivity index (χ4v) is 2.86. The maximum atomic E-state index is 12.1. The monoisotopic (exact) mass is 320 g/mol. The third kappa shape index (κ3) is 4.29. The standard InChI is InChI=1S/C16H20N2O3S/c1-10(21-14-6-4-5-13(7-14)9-19)16(20)17-8-15-11(2)22-12(3)18-15/h4-7,10,19H,8-9H2,1-3H3,(H,17,20). The first-order chi connectivity index (χ1) is 10.5. The van der Waals surface area contributed by atoms with Crippen molar-refractivity contribution in [1.29, 1.82) is 0 Å². The molecule has 118 valence electrons. The second-order valence-corrected chi connectivity index (χ2v) is 6.43. The first kappa shape index (κ1) is 16.5. The number of aryl methyl sites for hydroxylation is 2. The van der Waals surface area contributed by atoms with Gasteiger partial charge in [-0.1, -0.05) is 12.1 Å². The minimum absolute atomic E-state index is 0.0553. The Bertz CT molecular complexity index is 655. The van der Waals surface area contributed by atoms with E-state index in [2.05, 4.69) is 10.3 Å². The molecule has 0 saturated carbocycles. The van der Waals surface area contributed by atoms with Crippen molar-refractivity contribution in [2.45, 2.75) is 40.0 Å². The van der Waals surface area contributed by atoms with Gasteiger partial charge in [0.05, 0.1) is 23.9 Å². The van der Waals surface area contributed by atoms with Crippen molar-refractivity contribution in [3.8, 4) is 5.75 Å². The zero-order chi connectivity index (χ0) is 16.1. The molecule has 0 fully saturated rings. The molecule has 22 heavy (non-hydrogen) atoms. The summed E-state index contributed by atoms with van der Waals surface area (Å²) < 4.78 is 5.60. The second kappa shape index (κ2) is 7.38. The molecular formula is C16H20N2O3S. The lowest BCUT2D eigenvalue weighted by Gasteiger charge is -2.15. The van der Waals surface area contributed by atoms with Crippen molar-refractivity contribution >= 4 is 17.2 Å². The molecule has 2 aromatic rings. The van der Waals surface area contributed by atoms with Crippen molar-refractivity contribution in [3.05, 3.63) is 45.4 Å². The summed E-state index contributed by atoms with van der Waals surface area (Å²) in [6, 6.07) is 7.06. The largest absolute Gasteiger partial charge is 0.481 e. The highest BCUT2D eigenvalue weighted by Crippen LogP contribution is 2.17. The lowest BCUT2D eigenvalue weighted by molar-refractivity contribution is -0.127. The zero-order valence-electron chi connectivity index (χ0n) is 12.9. The normalized spacial score (nSPS) is 12.0. The summed E-state index contributed by atoms with van der Waals surface area (Å²) in [6.45, 7) is 5.98. The highest BCUT2D eigenvalue weighted by molar-refractivity contribution is 7.11. The van der Waals surface area contributed by atoms with Crippen molar-refractivity contribution in [1.82, 2.24) is 10.3 Å². The van der Waals surface area contributed by atoms with Crippen molar-refractivity contribution in [2.24, 2.45) is 0 Å².